The summed E-state index contributed by atoms with van der Waals surface area (Å²) in [5, 5.41) is 1.26. The maximum atomic E-state index is 4.69. The first-order chi connectivity index (χ1) is 7.08. The van der Waals surface area contributed by atoms with E-state index in [0.717, 1.165) is 5.52 Å². The van der Waals surface area contributed by atoms with Gasteiger partial charge in [-0.25, -0.2) is 0 Å². The highest BCUT2D eigenvalue weighted by Crippen LogP contribution is 2.23. The van der Waals surface area contributed by atoms with Crippen molar-refractivity contribution in [3.63, 3.8) is 0 Å². The van der Waals surface area contributed by atoms with Crippen LogP contribution in [-0.4, -0.2) is 4.98 Å². The highest BCUT2D eigenvalue weighted by molar-refractivity contribution is 14.1. The van der Waals surface area contributed by atoms with Gasteiger partial charge in [0.05, 0.1) is 5.52 Å². The van der Waals surface area contributed by atoms with E-state index in [-0.39, 0.29) is 0 Å². The van der Waals surface area contributed by atoms with Crippen molar-refractivity contribution in [3.8, 4) is 0 Å². The van der Waals surface area contributed by atoms with Crippen molar-refractivity contribution < 1.29 is 0 Å². The van der Waals surface area contributed by atoms with Crippen LogP contribution in [0.5, 0.6) is 0 Å². The molecule has 0 saturated heterocycles. The van der Waals surface area contributed by atoms with Gasteiger partial charge in [0.15, 0.2) is 0 Å². The average molecular weight is 311 g/mol. The van der Waals surface area contributed by atoms with Gasteiger partial charge < -0.3 is 0 Å². The standard InChI is InChI=1S/C13H14IN/c1-8(2)12-6-9(3)11-5-4-10(14)7-13(11)15-12/h4-8H,1-3H3. The predicted molar refractivity (Wildman–Crippen MR) is 73.3 cm³/mol. The Kier molecular flexibility index (Phi) is 2.96. The van der Waals surface area contributed by atoms with E-state index >= 15 is 0 Å². The van der Waals surface area contributed by atoms with Crippen LogP contribution in [0.15, 0.2) is 24.3 Å². The fourth-order valence-electron chi connectivity index (χ4n) is 1.70. The predicted octanol–water partition coefficient (Wildman–Crippen LogP) is 4.27. The van der Waals surface area contributed by atoms with Crippen molar-refractivity contribution in [2.24, 2.45) is 0 Å². The Balaban J connectivity index is 2.74. The minimum Gasteiger partial charge on any atom is -0.253 e. The van der Waals surface area contributed by atoms with E-state index in [2.05, 4.69) is 67.6 Å². The molecule has 1 aromatic heterocycles. The first-order valence-corrected chi connectivity index (χ1v) is 6.22. The normalized spacial score (nSPS) is 11.3. The maximum absolute atomic E-state index is 4.69. The summed E-state index contributed by atoms with van der Waals surface area (Å²) in [7, 11) is 0. The monoisotopic (exact) mass is 311 g/mol. The highest BCUT2D eigenvalue weighted by Gasteiger charge is 2.05. The maximum Gasteiger partial charge on any atom is 0.0718 e. The zero-order chi connectivity index (χ0) is 11.0. The number of hydrogen-bond donors (Lipinski definition) is 0. The summed E-state index contributed by atoms with van der Waals surface area (Å²) in [6, 6.07) is 8.63. The minimum atomic E-state index is 0.492. The molecule has 15 heavy (non-hydrogen) atoms. The zero-order valence-electron chi connectivity index (χ0n) is 9.21. The van der Waals surface area contributed by atoms with E-state index in [1.54, 1.807) is 0 Å². The summed E-state index contributed by atoms with van der Waals surface area (Å²) < 4.78 is 1.24. The molecule has 0 atom stereocenters. The lowest BCUT2D eigenvalue weighted by Crippen LogP contribution is -1.95. The van der Waals surface area contributed by atoms with Crippen LogP contribution in [0.25, 0.3) is 10.9 Å². The number of benzene rings is 1. The molecular formula is C13H14IN. The fourth-order valence-corrected chi connectivity index (χ4v) is 2.17. The third kappa shape index (κ3) is 2.14. The van der Waals surface area contributed by atoms with Gasteiger partial charge in [-0.05, 0) is 59.2 Å². The first kappa shape index (κ1) is 10.9. The summed E-state index contributed by atoms with van der Waals surface area (Å²) >= 11 is 2.33. The lowest BCUT2D eigenvalue weighted by Gasteiger charge is -2.09. The van der Waals surface area contributed by atoms with Crippen molar-refractivity contribution in [2.45, 2.75) is 26.7 Å². The van der Waals surface area contributed by atoms with E-state index in [4.69, 9.17) is 4.98 Å². The molecule has 1 aromatic carbocycles. The molecule has 78 valence electrons. The van der Waals surface area contributed by atoms with Gasteiger partial charge in [0, 0.05) is 14.7 Å². The number of hydrogen-bond acceptors (Lipinski definition) is 1. The van der Waals surface area contributed by atoms with E-state index in [9.17, 15) is 0 Å². The Bertz CT molecular complexity index is 503. The van der Waals surface area contributed by atoms with Crippen molar-refractivity contribution in [1.82, 2.24) is 4.98 Å². The Labute approximate surface area is 104 Å². The second-order valence-corrected chi connectivity index (χ2v) is 5.43. The third-order valence-electron chi connectivity index (χ3n) is 2.59. The third-order valence-corrected chi connectivity index (χ3v) is 3.26. The summed E-state index contributed by atoms with van der Waals surface area (Å²) in [6.07, 6.45) is 0. The van der Waals surface area contributed by atoms with Crippen molar-refractivity contribution in [2.75, 3.05) is 0 Å². The van der Waals surface area contributed by atoms with Gasteiger partial charge in [-0.15, -0.1) is 0 Å². The molecule has 0 aliphatic heterocycles. The van der Waals surface area contributed by atoms with Gasteiger partial charge in [0.2, 0.25) is 0 Å². The fraction of sp³-hybridized carbons (Fsp3) is 0.308. The van der Waals surface area contributed by atoms with Gasteiger partial charge in [-0.2, -0.15) is 0 Å². The number of fused-ring (bicyclic) bond motifs is 1. The van der Waals surface area contributed by atoms with E-state index in [0.29, 0.717) is 5.92 Å². The molecule has 0 amide bonds. The van der Waals surface area contributed by atoms with Crippen LogP contribution in [0.4, 0.5) is 0 Å². The lowest BCUT2D eigenvalue weighted by atomic mass is 10.0. The molecule has 2 heteroatoms. The number of nitrogens with zero attached hydrogens (tertiary/aromatic N) is 1. The molecule has 2 rings (SSSR count). The molecule has 0 bridgehead atoms. The highest BCUT2D eigenvalue weighted by atomic mass is 127. The van der Waals surface area contributed by atoms with Gasteiger partial charge in [0.25, 0.3) is 0 Å². The Hall–Kier alpha value is -0.640. The molecule has 1 nitrogen and oxygen atoms in total. The number of aromatic nitrogens is 1. The molecule has 0 N–H and O–H groups in total. The van der Waals surface area contributed by atoms with Crippen molar-refractivity contribution >= 4 is 33.5 Å². The van der Waals surface area contributed by atoms with Crippen molar-refractivity contribution in [1.29, 1.82) is 0 Å². The molecule has 0 fully saturated rings. The molecule has 0 saturated carbocycles. The van der Waals surface area contributed by atoms with Crippen LogP contribution in [0.2, 0.25) is 0 Å². The van der Waals surface area contributed by atoms with Gasteiger partial charge in [-0.3, -0.25) is 4.98 Å². The van der Waals surface area contributed by atoms with Gasteiger partial charge in [0.1, 0.15) is 0 Å². The molecule has 2 aromatic rings. The minimum absolute atomic E-state index is 0.492. The number of pyridine rings is 1. The number of rotatable bonds is 1. The quantitative estimate of drug-likeness (QED) is 0.717. The average Bonchev–Trinajstić information content (AvgIpc) is 2.16. The van der Waals surface area contributed by atoms with Crippen LogP contribution in [-0.2, 0) is 0 Å². The molecular weight excluding hydrogens is 297 g/mol. The summed E-state index contributed by atoms with van der Waals surface area (Å²) in [5.74, 6) is 0.492. The second-order valence-electron chi connectivity index (χ2n) is 4.18. The van der Waals surface area contributed by atoms with Crippen molar-refractivity contribution in [3.05, 3.63) is 39.1 Å². The first-order valence-electron chi connectivity index (χ1n) is 5.14. The summed E-state index contributed by atoms with van der Waals surface area (Å²) in [6.45, 7) is 6.52. The number of halogens is 1. The Morgan fingerprint density at radius 3 is 2.60 bits per heavy atom. The van der Waals surface area contributed by atoms with Crippen LogP contribution in [0.1, 0.15) is 31.0 Å². The molecule has 0 spiro atoms. The van der Waals surface area contributed by atoms with Gasteiger partial charge in [-0.1, -0.05) is 19.9 Å². The van der Waals surface area contributed by atoms with E-state index in [1.165, 1.54) is 20.2 Å². The van der Waals surface area contributed by atoms with Crippen LogP contribution < -0.4 is 0 Å². The smallest absolute Gasteiger partial charge is 0.0718 e. The Morgan fingerprint density at radius 1 is 1.20 bits per heavy atom. The van der Waals surface area contributed by atoms with E-state index in [1.807, 2.05) is 0 Å². The Morgan fingerprint density at radius 2 is 1.93 bits per heavy atom. The molecule has 0 unspecified atom stereocenters. The molecule has 0 aliphatic rings. The summed E-state index contributed by atoms with van der Waals surface area (Å²) in [4.78, 5) is 4.69. The molecule has 0 aliphatic carbocycles. The topological polar surface area (TPSA) is 12.9 Å². The van der Waals surface area contributed by atoms with E-state index < -0.39 is 0 Å². The second kappa shape index (κ2) is 4.08. The van der Waals surface area contributed by atoms with Crippen LogP contribution >= 0.6 is 22.6 Å². The summed E-state index contributed by atoms with van der Waals surface area (Å²) in [5.41, 5.74) is 3.62. The largest absolute Gasteiger partial charge is 0.253 e. The van der Waals surface area contributed by atoms with Crippen LogP contribution in [0, 0.1) is 10.5 Å². The molecule has 0 radical (unpaired) electrons. The zero-order valence-corrected chi connectivity index (χ0v) is 11.4. The SMILES string of the molecule is Cc1cc(C(C)C)nc2cc(I)ccc12. The van der Waals surface area contributed by atoms with Crippen LogP contribution in [0.3, 0.4) is 0 Å². The van der Waals surface area contributed by atoms with Gasteiger partial charge >= 0.3 is 0 Å². The lowest BCUT2D eigenvalue weighted by molar-refractivity contribution is 0.828. The number of aryl methyl sites for hydroxylation is 1. The molecule has 1 heterocycles.